The van der Waals surface area contributed by atoms with E-state index < -0.39 is 15.7 Å². The van der Waals surface area contributed by atoms with Crippen molar-refractivity contribution in [1.82, 2.24) is 15.5 Å². The summed E-state index contributed by atoms with van der Waals surface area (Å²) in [6.45, 7) is 7.74. The lowest BCUT2D eigenvalue weighted by atomic mass is 10.0. The Hall–Kier alpha value is -0.940. The molecule has 0 saturated carbocycles. The molecule has 1 aliphatic rings. The average molecular weight is 540 g/mol. The highest BCUT2D eigenvalue weighted by Crippen LogP contribution is 2.18. The number of aliphatic imine (C=N–C) groups is 1. The predicted molar refractivity (Wildman–Crippen MR) is 127 cm³/mol. The highest BCUT2D eigenvalue weighted by molar-refractivity contribution is 14.0. The van der Waals surface area contributed by atoms with Gasteiger partial charge in [0, 0.05) is 25.7 Å². The van der Waals surface area contributed by atoms with Crippen molar-refractivity contribution < 1.29 is 12.8 Å². The van der Waals surface area contributed by atoms with E-state index in [1.807, 2.05) is 6.92 Å². The van der Waals surface area contributed by atoms with Gasteiger partial charge < -0.3 is 10.6 Å². The minimum atomic E-state index is -3.68. The number of nitrogens with one attached hydrogen (secondary N) is 2. The Bertz CT molecular complexity index is 746. The van der Waals surface area contributed by atoms with E-state index in [1.165, 1.54) is 37.5 Å². The van der Waals surface area contributed by atoms with E-state index in [9.17, 15) is 12.8 Å². The molecule has 1 aliphatic heterocycles. The van der Waals surface area contributed by atoms with E-state index in [-0.39, 0.29) is 41.2 Å². The van der Waals surface area contributed by atoms with E-state index in [2.05, 4.69) is 27.4 Å². The van der Waals surface area contributed by atoms with Crippen LogP contribution in [0.2, 0.25) is 0 Å². The Morgan fingerprint density at radius 1 is 1.24 bits per heavy atom. The Morgan fingerprint density at radius 2 is 2.00 bits per heavy atom. The van der Waals surface area contributed by atoms with Crippen molar-refractivity contribution in [2.75, 3.05) is 38.5 Å². The number of likely N-dealkylation sites (tertiary alicyclic amines) is 1. The number of rotatable bonds is 9. The summed E-state index contributed by atoms with van der Waals surface area (Å²) in [5, 5.41) is 6.18. The SMILES string of the molecule is CCNC(=NCCN1CCCCC1CC)NCCS(=O)(=O)c1ccccc1F.I. The van der Waals surface area contributed by atoms with Crippen LogP contribution in [-0.2, 0) is 9.84 Å². The third-order valence-electron chi connectivity index (χ3n) is 5.06. The van der Waals surface area contributed by atoms with Crippen LogP contribution in [0, 0.1) is 5.82 Å². The van der Waals surface area contributed by atoms with Gasteiger partial charge in [-0.1, -0.05) is 25.5 Å². The monoisotopic (exact) mass is 540 g/mol. The highest BCUT2D eigenvalue weighted by Gasteiger charge is 2.20. The third-order valence-corrected chi connectivity index (χ3v) is 6.80. The van der Waals surface area contributed by atoms with Gasteiger partial charge in [0.05, 0.1) is 12.3 Å². The number of guanidine groups is 1. The Morgan fingerprint density at radius 3 is 2.69 bits per heavy atom. The zero-order valence-corrected chi connectivity index (χ0v) is 20.5. The molecular formula is C20H34FIN4O2S. The third kappa shape index (κ3) is 8.37. The first-order chi connectivity index (χ1) is 13.5. The molecule has 1 fully saturated rings. The maximum atomic E-state index is 13.8. The molecule has 0 spiro atoms. The lowest BCUT2D eigenvalue weighted by Gasteiger charge is -2.34. The zero-order valence-electron chi connectivity index (χ0n) is 17.4. The van der Waals surface area contributed by atoms with Crippen LogP contribution in [0.3, 0.4) is 0 Å². The van der Waals surface area contributed by atoms with Crippen molar-refractivity contribution in [3.63, 3.8) is 0 Å². The normalized spacial score (nSPS) is 18.2. The molecule has 1 aromatic carbocycles. The molecule has 29 heavy (non-hydrogen) atoms. The summed E-state index contributed by atoms with van der Waals surface area (Å²) < 4.78 is 38.4. The molecule has 2 N–H and O–H groups in total. The summed E-state index contributed by atoms with van der Waals surface area (Å²) >= 11 is 0. The maximum Gasteiger partial charge on any atom is 0.191 e. The lowest BCUT2D eigenvalue weighted by Crippen LogP contribution is -2.42. The van der Waals surface area contributed by atoms with Gasteiger partial charge in [0.2, 0.25) is 0 Å². The van der Waals surface area contributed by atoms with Gasteiger partial charge in [-0.25, -0.2) is 12.8 Å². The molecule has 166 valence electrons. The van der Waals surface area contributed by atoms with Gasteiger partial charge in [-0.05, 0) is 44.9 Å². The molecule has 0 amide bonds. The first-order valence-corrected chi connectivity index (χ1v) is 11.9. The van der Waals surface area contributed by atoms with Crippen molar-refractivity contribution in [1.29, 1.82) is 0 Å². The van der Waals surface area contributed by atoms with E-state index in [0.717, 1.165) is 25.6 Å². The van der Waals surface area contributed by atoms with Gasteiger partial charge >= 0.3 is 0 Å². The summed E-state index contributed by atoms with van der Waals surface area (Å²) in [4.78, 5) is 6.81. The maximum absolute atomic E-state index is 13.8. The summed E-state index contributed by atoms with van der Waals surface area (Å²) in [7, 11) is -3.68. The van der Waals surface area contributed by atoms with Crippen molar-refractivity contribution in [2.45, 2.75) is 50.5 Å². The molecule has 6 nitrogen and oxygen atoms in total. The average Bonchev–Trinajstić information content (AvgIpc) is 2.68. The van der Waals surface area contributed by atoms with Crippen LogP contribution in [0.25, 0.3) is 0 Å². The van der Waals surface area contributed by atoms with Gasteiger partial charge in [-0.3, -0.25) is 9.89 Å². The Balaban J connectivity index is 0.00000420. The van der Waals surface area contributed by atoms with Crippen LogP contribution in [-0.4, -0.2) is 63.8 Å². The standard InChI is InChI=1S/C20H33FN4O2S.HI/c1-3-17-9-7-8-14-25(17)15-12-23-20(22-4-2)24-13-16-28(26,27)19-11-6-5-10-18(19)21;/h5-6,10-11,17H,3-4,7-9,12-16H2,1-2H3,(H2,22,23,24);1H. The van der Waals surface area contributed by atoms with Gasteiger partial charge in [0.25, 0.3) is 0 Å². The summed E-state index contributed by atoms with van der Waals surface area (Å²) in [5.41, 5.74) is 0. The quantitative estimate of drug-likeness (QED) is 0.286. The largest absolute Gasteiger partial charge is 0.357 e. The smallest absolute Gasteiger partial charge is 0.191 e. The molecule has 1 heterocycles. The minimum absolute atomic E-state index is 0. The first-order valence-electron chi connectivity index (χ1n) is 10.2. The fourth-order valence-electron chi connectivity index (χ4n) is 3.56. The second-order valence-electron chi connectivity index (χ2n) is 7.03. The summed E-state index contributed by atoms with van der Waals surface area (Å²) in [5.74, 6) is -0.311. The Kier molecular flexibility index (Phi) is 12.0. The number of piperidine rings is 1. The number of hydrogen-bond acceptors (Lipinski definition) is 4. The topological polar surface area (TPSA) is 73.8 Å². The Labute approximate surface area is 191 Å². The van der Waals surface area contributed by atoms with Gasteiger partial charge in [-0.15, -0.1) is 24.0 Å². The van der Waals surface area contributed by atoms with E-state index in [0.29, 0.717) is 25.1 Å². The van der Waals surface area contributed by atoms with Crippen molar-refractivity contribution >= 4 is 39.8 Å². The van der Waals surface area contributed by atoms with Crippen LogP contribution >= 0.6 is 24.0 Å². The molecule has 1 aromatic rings. The second-order valence-corrected chi connectivity index (χ2v) is 9.11. The van der Waals surface area contributed by atoms with Crippen LogP contribution in [0.4, 0.5) is 4.39 Å². The molecule has 2 rings (SSSR count). The van der Waals surface area contributed by atoms with Crippen LogP contribution in [0.5, 0.6) is 0 Å². The van der Waals surface area contributed by atoms with Gasteiger partial charge in [0.1, 0.15) is 10.7 Å². The van der Waals surface area contributed by atoms with Crippen molar-refractivity contribution in [3.05, 3.63) is 30.1 Å². The number of halogens is 2. The fraction of sp³-hybridized carbons (Fsp3) is 0.650. The summed E-state index contributed by atoms with van der Waals surface area (Å²) in [6, 6.07) is 6.11. The number of benzene rings is 1. The molecule has 0 aliphatic carbocycles. The van der Waals surface area contributed by atoms with Crippen LogP contribution in [0.15, 0.2) is 34.2 Å². The number of nitrogens with zero attached hydrogens (tertiary/aromatic N) is 2. The van der Waals surface area contributed by atoms with Gasteiger partial charge in [-0.2, -0.15) is 0 Å². The molecule has 9 heteroatoms. The van der Waals surface area contributed by atoms with Crippen LogP contribution in [0.1, 0.15) is 39.5 Å². The number of hydrogen-bond donors (Lipinski definition) is 2. The zero-order chi connectivity index (χ0) is 20.4. The second kappa shape index (κ2) is 13.4. The number of sulfone groups is 1. The van der Waals surface area contributed by atoms with E-state index >= 15 is 0 Å². The highest BCUT2D eigenvalue weighted by atomic mass is 127. The fourth-order valence-corrected chi connectivity index (χ4v) is 4.80. The van der Waals surface area contributed by atoms with E-state index in [1.54, 1.807) is 0 Å². The molecule has 1 atom stereocenters. The van der Waals surface area contributed by atoms with Crippen molar-refractivity contribution in [2.24, 2.45) is 4.99 Å². The lowest BCUT2D eigenvalue weighted by molar-refractivity contribution is 0.148. The van der Waals surface area contributed by atoms with Gasteiger partial charge in [0.15, 0.2) is 15.8 Å². The molecule has 0 bridgehead atoms. The molecule has 1 unspecified atom stereocenters. The summed E-state index contributed by atoms with van der Waals surface area (Å²) in [6.07, 6.45) is 4.97. The van der Waals surface area contributed by atoms with E-state index in [4.69, 9.17) is 0 Å². The van der Waals surface area contributed by atoms with Crippen LogP contribution < -0.4 is 10.6 Å². The predicted octanol–water partition coefficient (Wildman–Crippen LogP) is 3.04. The molecule has 1 saturated heterocycles. The molecule has 0 radical (unpaired) electrons. The minimum Gasteiger partial charge on any atom is -0.357 e. The molecule has 0 aromatic heterocycles. The molecular weight excluding hydrogens is 506 g/mol. The first kappa shape index (κ1) is 26.1. The van der Waals surface area contributed by atoms with Crippen molar-refractivity contribution in [3.8, 4) is 0 Å².